The molecule has 1 unspecified atom stereocenters. The van der Waals surface area contributed by atoms with E-state index in [1.807, 2.05) is 23.1 Å². The fraction of sp³-hybridized carbons (Fsp3) is 0.800. The van der Waals surface area contributed by atoms with Crippen LogP contribution in [-0.2, 0) is 17.6 Å². The van der Waals surface area contributed by atoms with Crippen LogP contribution in [0.1, 0.15) is 47.8 Å². The molecular weight excluding hydrogens is 288 g/mol. The Balaban J connectivity index is 1.98. The number of hydrogen-bond donors (Lipinski definition) is 1. The molecule has 1 atom stereocenters. The Hall–Kier alpha value is -0.100. The number of aromatic nitrogens is 1. The summed E-state index contributed by atoms with van der Waals surface area (Å²) in [7, 11) is 1.76. The summed E-state index contributed by atoms with van der Waals surface area (Å²) in [4.78, 5) is 6.45. The number of methoxy groups -OCH3 is 1. The lowest BCUT2D eigenvalue weighted by atomic mass is 10.0. The van der Waals surface area contributed by atoms with Crippen LogP contribution in [0.2, 0.25) is 0 Å². The predicted octanol–water partition coefficient (Wildman–Crippen LogP) is 3.44. The molecule has 1 aromatic heterocycles. The highest BCUT2D eigenvalue weighted by Gasteiger charge is 2.20. The third-order valence-corrected chi connectivity index (χ3v) is 5.82. The van der Waals surface area contributed by atoms with Crippen LogP contribution in [0.15, 0.2) is 0 Å². The first kappa shape index (κ1) is 16.3. The first-order chi connectivity index (χ1) is 9.85. The summed E-state index contributed by atoms with van der Waals surface area (Å²) in [6.45, 7) is 3.89. The number of aryl methyl sites for hydroxylation is 2. The van der Waals surface area contributed by atoms with Crippen LogP contribution in [0.3, 0.4) is 0 Å². The molecule has 1 aliphatic carbocycles. The van der Waals surface area contributed by atoms with Gasteiger partial charge < -0.3 is 10.1 Å². The summed E-state index contributed by atoms with van der Waals surface area (Å²) >= 11 is 3.95. The minimum Gasteiger partial charge on any atom is -0.383 e. The van der Waals surface area contributed by atoms with Gasteiger partial charge in [0.05, 0.1) is 18.3 Å². The van der Waals surface area contributed by atoms with Gasteiger partial charge in [-0.15, -0.1) is 11.3 Å². The lowest BCUT2D eigenvalue weighted by Gasteiger charge is -2.16. The van der Waals surface area contributed by atoms with Crippen molar-refractivity contribution in [2.45, 2.75) is 45.1 Å². The summed E-state index contributed by atoms with van der Waals surface area (Å²) in [6.07, 6.45) is 6.22. The lowest BCUT2D eigenvalue weighted by molar-refractivity contribution is 0.195. The second-order valence-corrected chi connectivity index (χ2v) is 7.62. The number of hydrogen-bond acceptors (Lipinski definition) is 5. The Kier molecular flexibility index (Phi) is 7.35. The molecule has 5 heteroatoms. The van der Waals surface area contributed by atoms with Gasteiger partial charge in [-0.05, 0) is 43.6 Å². The average Bonchev–Trinajstić information content (AvgIpc) is 2.89. The van der Waals surface area contributed by atoms with Crippen molar-refractivity contribution in [1.82, 2.24) is 10.3 Å². The van der Waals surface area contributed by atoms with Gasteiger partial charge in [0, 0.05) is 18.5 Å². The molecule has 114 valence electrons. The zero-order valence-electron chi connectivity index (χ0n) is 12.6. The molecule has 1 aromatic rings. The van der Waals surface area contributed by atoms with Crippen LogP contribution in [-0.4, -0.2) is 36.8 Å². The van der Waals surface area contributed by atoms with Gasteiger partial charge in [-0.2, -0.15) is 11.8 Å². The second kappa shape index (κ2) is 9.03. The van der Waals surface area contributed by atoms with Crippen molar-refractivity contribution in [3.63, 3.8) is 0 Å². The van der Waals surface area contributed by atoms with Gasteiger partial charge in [0.2, 0.25) is 0 Å². The maximum absolute atomic E-state index is 5.15. The third-order valence-electron chi connectivity index (χ3n) is 3.61. The monoisotopic (exact) mass is 314 g/mol. The van der Waals surface area contributed by atoms with Gasteiger partial charge in [-0.1, -0.05) is 6.92 Å². The third kappa shape index (κ3) is 4.72. The van der Waals surface area contributed by atoms with Crippen LogP contribution >= 0.6 is 23.1 Å². The van der Waals surface area contributed by atoms with E-state index < -0.39 is 0 Å². The summed E-state index contributed by atoms with van der Waals surface area (Å²) in [5.74, 6) is 2.39. The van der Waals surface area contributed by atoms with Gasteiger partial charge in [-0.25, -0.2) is 4.98 Å². The Bertz CT molecular complexity index is 362. The van der Waals surface area contributed by atoms with E-state index in [-0.39, 0.29) is 0 Å². The predicted molar refractivity (Wildman–Crippen MR) is 89.0 cm³/mol. The molecule has 2 rings (SSSR count). The van der Waals surface area contributed by atoms with E-state index in [4.69, 9.17) is 9.72 Å². The number of nitrogens with one attached hydrogen (secondary N) is 1. The maximum atomic E-state index is 5.15. The van der Waals surface area contributed by atoms with Crippen molar-refractivity contribution in [3.05, 3.63) is 15.6 Å². The van der Waals surface area contributed by atoms with E-state index in [9.17, 15) is 0 Å². The zero-order chi connectivity index (χ0) is 14.2. The first-order valence-electron chi connectivity index (χ1n) is 7.63. The van der Waals surface area contributed by atoms with E-state index in [1.54, 1.807) is 7.11 Å². The number of nitrogens with zero attached hydrogens (tertiary/aromatic N) is 1. The summed E-state index contributed by atoms with van der Waals surface area (Å²) in [6, 6.07) is 0.403. The van der Waals surface area contributed by atoms with E-state index in [0.717, 1.165) is 19.6 Å². The van der Waals surface area contributed by atoms with Gasteiger partial charge in [0.15, 0.2) is 0 Å². The molecule has 0 bridgehead atoms. The largest absolute Gasteiger partial charge is 0.383 e. The van der Waals surface area contributed by atoms with Crippen LogP contribution in [0.5, 0.6) is 0 Å². The normalized spacial score (nSPS) is 16.1. The van der Waals surface area contributed by atoms with Gasteiger partial charge in [0.1, 0.15) is 5.01 Å². The lowest BCUT2D eigenvalue weighted by Crippen LogP contribution is -2.25. The second-order valence-electron chi connectivity index (χ2n) is 5.11. The Labute approximate surface area is 130 Å². The first-order valence-corrected chi connectivity index (χ1v) is 9.60. The summed E-state index contributed by atoms with van der Waals surface area (Å²) < 4.78 is 5.15. The molecule has 0 saturated heterocycles. The summed E-state index contributed by atoms with van der Waals surface area (Å²) in [5, 5.41) is 4.91. The molecular formula is C15H26N2OS2. The van der Waals surface area contributed by atoms with Crippen molar-refractivity contribution in [2.24, 2.45) is 0 Å². The van der Waals surface area contributed by atoms with E-state index >= 15 is 0 Å². The summed E-state index contributed by atoms with van der Waals surface area (Å²) in [5.41, 5.74) is 1.37. The minimum atomic E-state index is 0.403. The highest BCUT2D eigenvalue weighted by molar-refractivity contribution is 7.99. The smallest absolute Gasteiger partial charge is 0.110 e. The average molecular weight is 315 g/mol. The number of thiazole rings is 1. The highest BCUT2D eigenvalue weighted by atomic mass is 32.2. The number of ether oxygens (including phenoxy) is 1. The molecule has 0 saturated carbocycles. The zero-order valence-corrected chi connectivity index (χ0v) is 14.2. The van der Waals surface area contributed by atoms with Crippen molar-refractivity contribution >= 4 is 23.1 Å². The van der Waals surface area contributed by atoms with Crippen LogP contribution < -0.4 is 5.32 Å². The standard InChI is InChI=1S/C15H26N2OS2/c1-3-19-11-8-13(16-9-10-18-2)15-17-12-6-4-5-7-14(12)20-15/h13,16H,3-11H2,1-2H3. The maximum Gasteiger partial charge on any atom is 0.110 e. The number of fused-ring (bicyclic) bond motifs is 1. The number of thioether (sulfide) groups is 1. The fourth-order valence-electron chi connectivity index (χ4n) is 2.51. The molecule has 0 fully saturated rings. The van der Waals surface area contributed by atoms with E-state index in [1.165, 1.54) is 52.8 Å². The minimum absolute atomic E-state index is 0.403. The Morgan fingerprint density at radius 1 is 1.40 bits per heavy atom. The molecule has 0 amide bonds. The molecule has 1 aliphatic rings. The van der Waals surface area contributed by atoms with Crippen molar-refractivity contribution in [3.8, 4) is 0 Å². The van der Waals surface area contributed by atoms with Gasteiger partial charge in [0.25, 0.3) is 0 Å². The van der Waals surface area contributed by atoms with Crippen molar-refractivity contribution in [1.29, 1.82) is 0 Å². The van der Waals surface area contributed by atoms with Crippen molar-refractivity contribution < 1.29 is 4.74 Å². The van der Waals surface area contributed by atoms with Crippen LogP contribution in [0, 0.1) is 0 Å². The van der Waals surface area contributed by atoms with E-state index in [0.29, 0.717) is 6.04 Å². The molecule has 20 heavy (non-hydrogen) atoms. The Morgan fingerprint density at radius 2 is 2.25 bits per heavy atom. The van der Waals surface area contributed by atoms with Crippen LogP contribution in [0.25, 0.3) is 0 Å². The molecule has 0 aromatic carbocycles. The molecule has 1 N–H and O–H groups in total. The van der Waals surface area contributed by atoms with E-state index in [2.05, 4.69) is 12.2 Å². The molecule has 0 radical (unpaired) electrons. The molecule has 1 heterocycles. The molecule has 0 aliphatic heterocycles. The molecule has 0 spiro atoms. The van der Waals surface area contributed by atoms with Gasteiger partial charge in [-0.3, -0.25) is 0 Å². The molecule has 3 nitrogen and oxygen atoms in total. The van der Waals surface area contributed by atoms with Crippen molar-refractivity contribution in [2.75, 3.05) is 31.8 Å². The fourth-order valence-corrected chi connectivity index (χ4v) is 4.47. The highest BCUT2D eigenvalue weighted by Crippen LogP contribution is 2.31. The number of rotatable bonds is 9. The SMILES string of the molecule is CCSCCC(NCCOC)c1nc2c(s1)CCCC2. The quantitative estimate of drug-likeness (QED) is 0.708. The van der Waals surface area contributed by atoms with Crippen LogP contribution in [0.4, 0.5) is 0 Å². The Morgan fingerprint density at radius 3 is 3.00 bits per heavy atom. The topological polar surface area (TPSA) is 34.1 Å². The van der Waals surface area contributed by atoms with Gasteiger partial charge >= 0.3 is 0 Å².